The highest BCUT2D eigenvalue weighted by atomic mass is 16.6. The summed E-state index contributed by atoms with van der Waals surface area (Å²) >= 11 is 0. The lowest BCUT2D eigenvalue weighted by molar-refractivity contribution is -0.202. The molecule has 0 amide bonds. The van der Waals surface area contributed by atoms with Crippen molar-refractivity contribution in [2.75, 3.05) is 39.6 Å². The predicted octanol–water partition coefficient (Wildman–Crippen LogP) is 2.34. The Labute approximate surface area is 360 Å². The van der Waals surface area contributed by atoms with Gasteiger partial charge in [0, 0.05) is 23.2 Å². The standard InChI is InChI=1S/C17H26O5.2C14H18O6/c1-16(2,22-15(20)10-21-14(19)9-18)17-6-11-3-12(7-17)5-13(4-11)8-17;15-6-11(16)19-7-12(17)20-14-3-8-1-9(4-14)13(18)10(2-8)5-14;15-5-11(16)19-6-12(17)20-14-9-2-7-1-8(4-9)13(18)10(14)3-7/h11-13,18H,3-10H2,1-2H3;8-10,15H,1-7H2;7-10,14-15H,1-6H2. The minimum atomic E-state index is -0.858. The largest absolute Gasteiger partial charge is 0.459 e. The third-order valence-corrected chi connectivity index (χ3v) is 15.7. The van der Waals surface area contributed by atoms with E-state index in [1.807, 2.05) is 13.8 Å². The Morgan fingerprint density at radius 1 is 0.532 bits per heavy atom. The first-order chi connectivity index (χ1) is 29.4. The maximum absolute atomic E-state index is 12.2. The fraction of sp³-hybridized carbons (Fsp3) is 0.822. The smallest absolute Gasteiger partial charge is 0.344 e. The van der Waals surface area contributed by atoms with Gasteiger partial charge in [-0.15, -0.1) is 0 Å². The lowest BCUT2D eigenvalue weighted by Crippen LogP contribution is -2.57. The molecular formula is C45H62O17. The van der Waals surface area contributed by atoms with Crippen LogP contribution in [0.2, 0.25) is 0 Å². The summed E-state index contributed by atoms with van der Waals surface area (Å²) in [5.41, 5.74) is -0.989. The van der Waals surface area contributed by atoms with E-state index < -0.39 is 86.7 Å². The second-order valence-corrected chi connectivity index (χ2v) is 20.3. The zero-order chi connectivity index (χ0) is 44.6. The third-order valence-electron chi connectivity index (χ3n) is 15.7. The molecule has 12 rings (SSSR count). The van der Waals surface area contributed by atoms with Gasteiger partial charge in [0.2, 0.25) is 0 Å². The van der Waals surface area contributed by atoms with Gasteiger partial charge in [-0.05, 0) is 146 Å². The fourth-order valence-electron chi connectivity index (χ4n) is 13.8. The van der Waals surface area contributed by atoms with Crippen LogP contribution in [0.25, 0.3) is 0 Å². The molecule has 0 aromatic rings. The topological polar surface area (TPSA) is 253 Å². The number of ether oxygens (including phenoxy) is 6. The molecule has 3 N–H and O–H groups in total. The first-order valence-electron chi connectivity index (χ1n) is 22.4. The van der Waals surface area contributed by atoms with E-state index in [0.717, 1.165) is 82.0 Å². The van der Waals surface area contributed by atoms with Crippen LogP contribution in [0, 0.1) is 64.6 Å². The number of aliphatic hydroxyl groups is 3. The molecule has 0 heterocycles. The summed E-state index contributed by atoms with van der Waals surface area (Å²) in [7, 11) is 0. The van der Waals surface area contributed by atoms with Gasteiger partial charge in [-0.3, -0.25) is 9.59 Å². The zero-order valence-corrected chi connectivity index (χ0v) is 35.8. The molecule has 12 aliphatic rings. The van der Waals surface area contributed by atoms with Crippen LogP contribution < -0.4 is 0 Å². The summed E-state index contributed by atoms with van der Waals surface area (Å²) < 4.78 is 30.4. The number of carbonyl (C=O) groups is 8. The number of hydrogen-bond acceptors (Lipinski definition) is 17. The minimum Gasteiger partial charge on any atom is -0.459 e. The Morgan fingerprint density at radius 3 is 1.55 bits per heavy atom. The number of aliphatic hydroxyl groups excluding tert-OH is 3. The van der Waals surface area contributed by atoms with Gasteiger partial charge < -0.3 is 43.7 Å². The molecule has 0 saturated heterocycles. The van der Waals surface area contributed by atoms with Crippen LogP contribution >= 0.6 is 0 Å². The molecule has 0 aromatic carbocycles. The highest BCUT2D eigenvalue weighted by Gasteiger charge is 2.60. The molecule has 0 aromatic heterocycles. The highest BCUT2D eigenvalue weighted by Crippen LogP contribution is 2.64. The Kier molecular flexibility index (Phi) is 13.8. The van der Waals surface area contributed by atoms with Gasteiger partial charge in [0.15, 0.2) is 19.8 Å². The molecule has 12 bridgehead atoms. The van der Waals surface area contributed by atoms with E-state index in [1.165, 1.54) is 19.3 Å². The molecule has 17 nitrogen and oxygen atoms in total. The summed E-state index contributed by atoms with van der Waals surface area (Å²) in [6, 6.07) is 0. The average Bonchev–Trinajstić information content (AvgIpc) is 3.22. The van der Waals surface area contributed by atoms with Gasteiger partial charge >= 0.3 is 35.8 Å². The van der Waals surface area contributed by atoms with Crippen molar-refractivity contribution in [3.05, 3.63) is 0 Å². The molecule has 0 radical (unpaired) electrons. The van der Waals surface area contributed by atoms with E-state index in [0.29, 0.717) is 30.5 Å². The van der Waals surface area contributed by atoms with Crippen molar-refractivity contribution in [2.45, 2.75) is 127 Å². The number of esters is 6. The van der Waals surface area contributed by atoms with Crippen LogP contribution in [0.5, 0.6) is 0 Å². The SMILES string of the molecule is CC(C)(OC(=O)COC(=O)CO)C12CC3CC(CC(C3)C1)C2.O=C(CO)OCC(=O)OC12CC3CC(C1)C(=O)C(C3)C2.O=C(CO)OCC(=O)OC1C2CC3CC(C2)C(=O)C1C3. The molecule has 0 spiro atoms. The summed E-state index contributed by atoms with van der Waals surface area (Å²) in [6.07, 6.45) is 14.7. The second kappa shape index (κ2) is 18.6. The molecule has 7 unspecified atom stereocenters. The minimum absolute atomic E-state index is 0.0362. The van der Waals surface area contributed by atoms with Crippen molar-refractivity contribution < 1.29 is 82.1 Å². The number of rotatable bonds is 13. The summed E-state index contributed by atoms with van der Waals surface area (Å²) in [6.45, 7) is 0.382. The van der Waals surface area contributed by atoms with E-state index in [1.54, 1.807) is 0 Å². The van der Waals surface area contributed by atoms with Gasteiger partial charge in [0.25, 0.3) is 0 Å². The van der Waals surface area contributed by atoms with E-state index >= 15 is 0 Å². The van der Waals surface area contributed by atoms with Crippen LogP contribution in [0.1, 0.15) is 110 Å². The van der Waals surface area contributed by atoms with Gasteiger partial charge in [0.05, 0.1) is 5.92 Å². The van der Waals surface area contributed by atoms with Crippen LogP contribution in [-0.2, 0) is 66.8 Å². The molecule has 7 atom stereocenters. The van der Waals surface area contributed by atoms with Crippen LogP contribution in [0.4, 0.5) is 0 Å². The molecule has 17 heteroatoms. The summed E-state index contributed by atoms with van der Waals surface area (Å²) in [5.74, 6) is 0.0861. The van der Waals surface area contributed by atoms with E-state index in [9.17, 15) is 38.4 Å². The maximum atomic E-state index is 12.2. The molecule has 344 valence electrons. The number of ketones is 2. The van der Waals surface area contributed by atoms with Gasteiger partial charge in [-0.1, -0.05) is 0 Å². The lowest BCUT2D eigenvalue weighted by Gasteiger charge is -2.61. The van der Waals surface area contributed by atoms with E-state index in [-0.39, 0.29) is 46.9 Å². The van der Waals surface area contributed by atoms with E-state index in [4.69, 9.17) is 29.5 Å². The van der Waals surface area contributed by atoms with Gasteiger partial charge in [-0.25, -0.2) is 28.8 Å². The molecular weight excluding hydrogens is 812 g/mol. The molecule has 0 aliphatic heterocycles. The summed E-state index contributed by atoms with van der Waals surface area (Å²) in [4.78, 5) is 92.1. The van der Waals surface area contributed by atoms with Crippen LogP contribution in [-0.4, -0.2) is 120 Å². The Balaban J connectivity index is 0.000000140. The van der Waals surface area contributed by atoms with Crippen molar-refractivity contribution in [1.82, 2.24) is 0 Å². The fourth-order valence-corrected chi connectivity index (χ4v) is 13.8. The average molecular weight is 875 g/mol. The normalized spacial score (nSPS) is 37.3. The second-order valence-electron chi connectivity index (χ2n) is 20.3. The molecule has 12 saturated carbocycles. The van der Waals surface area contributed by atoms with Crippen molar-refractivity contribution in [3.8, 4) is 0 Å². The molecule has 12 fully saturated rings. The van der Waals surface area contributed by atoms with Crippen molar-refractivity contribution in [3.63, 3.8) is 0 Å². The Hall–Kier alpha value is -3.96. The lowest BCUT2D eigenvalue weighted by atomic mass is 9.46. The van der Waals surface area contributed by atoms with Crippen molar-refractivity contribution in [1.29, 1.82) is 0 Å². The monoisotopic (exact) mass is 874 g/mol. The first kappa shape index (κ1) is 46.0. The number of hydrogen-bond donors (Lipinski definition) is 3. The van der Waals surface area contributed by atoms with Crippen LogP contribution in [0.3, 0.4) is 0 Å². The van der Waals surface area contributed by atoms with Crippen molar-refractivity contribution >= 4 is 47.4 Å². The van der Waals surface area contributed by atoms with E-state index in [2.05, 4.69) is 14.2 Å². The predicted molar refractivity (Wildman–Crippen MR) is 210 cm³/mol. The molecule has 12 aliphatic carbocycles. The number of Topliss-reactive ketones (excluding diaryl/α,β-unsaturated/α-hetero) is 2. The zero-order valence-electron chi connectivity index (χ0n) is 35.8. The quantitative estimate of drug-likeness (QED) is 0.177. The maximum Gasteiger partial charge on any atom is 0.344 e. The molecule has 62 heavy (non-hydrogen) atoms. The van der Waals surface area contributed by atoms with Crippen molar-refractivity contribution in [2.24, 2.45) is 64.6 Å². The Morgan fingerprint density at radius 2 is 1.02 bits per heavy atom. The Bertz CT molecular complexity index is 1720. The van der Waals surface area contributed by atoms with Gasteiger partial charge in [-0.2, -0.15) is 0 Å². The first-order valence-corrected chi connectivity index (χ1v) is 22.4. The van der Waals surface area contributed by atoms with Gasteiger partial charge in [0.1, 0.15) is 48.7 Å². The highest BCUT2D eigenvalue weighted by molar-refractivity contribution is 5.87. The third kappa shape index (κ3) is 10.0. The summed E-state index contributed by atoms with van der Waals surface area (Å²) in [5, 5.41) is 25.6. The van der Waals surface area contributed by atoms with Crippen LogP contribution in [0.15, 0.2) is 0 Å². The number of carbonyl (C=O) groups excluding carboxylic acids is 8.